The smallest absolute Gasteiger partial charge is 0.300 e. The molecule has 1 fully saturated rings. The molecule has 29 heavy (non-hydrogen) atoms. The van der Waals surface area contributed by atoms with Crippen molar-refractivity contribution in [2.24, 2.45) is 0 Å². The Morgan fingerprint density at radius 3 is 2.31 bits per heavy atom. The molecule has 2 heterocycles. The van der Waals surface area contributed by atoms with Crippen LogP contribution in [-0.4, -0.2) is 26.9 Å². The summed E-state index contributed by atoms with van der Waals surface area (Å²) in [7, 11) is 0. The number of aromatic nitrogens is 1. The van der Waals surface area contributed by atoms with Crippen LogP contribution in [0.25, 0.3) is 5.76 Å². The number of pyridine rings is 1. The first-order valence-corrected chi connectivity index (χ1v) is 9.11. The summed E-state index contributed by atoms with van der Waals surface area (Å²) in [5, 5.41) is 21.0. The molecule has 7 heteroatoms. The van der Waals surface area contributed by atoms with E-state index in [1.807, 2.05) is 0 Å². The Labute approximate surface area is 171 Å². The quantitative estimate of drug-likeness (QED) is 0.389. The summed E-state index contributed by atoms with van der Waals surface area (Å²) in [4.78, 5) is 31.1. The molecule has 0 radical (unpaired) electrons. The van der Waals surface area contributed by atoms with Crippen LogP contribution in [0.2, 0.25) is 5.02 Å². The van der Waals surface area contributed by atoms with E-state index in [2.05, 4.69) is 4.98 Å². The van der Waals surface area contributed by atoms with Gasteiger partial charge in [0, 0.05) is 16.8 Å². The second-order valence-electron chi connectivity index (χ2n) is 6.48. The normalized spacial score (nSPS) is 18.2. The van der Waals surface area contributed by atoms with Crippen LogP contribution in [0.3, 0.4) is 0 Å². The fourth-order valence-corrected chi connectivity index (χ4v) is 3.46. The average Bonchev–Trinajstić information content (AvgIpc) is 3.00. The Hall–Kier alpha value is -3.64. The van der Waals surface area contributed by atoms with Crippen LogP contribution in [0.1, 0.15) is 17.2 Å². The van der Waals surface area contributed by atoms with Gasteiger partial charge in [-0.3, -0.25) is 19.5 Å². The van der Waals surface area contributed by atoms with Gasteiger partial charge in [0.15, 0.2) is 0 Å². The van der Waals surface area contributed by atoms with E-state index in [1.165, 1.54) is 23.2 Å². The van der Waals surface area contributed by atoms with Gasteiger partial charge in [0.1, 0.15) is 11.5 Å². The zero-order valence-corrected chi connectivity index (χ0v) is 15.7. The van der Waals surface area contributed by atoms with Gasteiger partial charge in [-0.05, 0) is 54.1 Å². The van der Waals surface area contributed by atoms with Gasteiger partial charge in [0.05, 0.1) is 23.5 Å². The van der Waals surface area contributed by atoms with Crippen molar-refractivity contribution in [2.45, 2.75) is 6.04 Å². The topological polar surface area (TPSA) is 90.7 Å². The first-order chi connectivity index (χ1) is 14.0. The molecule has 144 valence electrons. The van der Waals surface area contributed by atoms with E-state index < -0.39 is 17.7 Å². The molecule has 0 bridgehead atoms. The maximum atomic E-state index is 12.9. The minimum absolute atomic E-state index is 0.0461. The molecule has 1 aromatic heterocycles. The largest absolute Gasteiger partial charge is 0.508 e. The maximum Gasteiger partial charge on any atom is 0.300 e. The first-order valence-electron chi connectivity index (χ1n) is 8.73. The van der Waals surface area contributed by atoms with Crippen LogP contribution in [0.4, 0.5) is 5.69 Å². The van der Waals surface area contributed by atoms with Gasteiger partial charge >= 0.3 is 0 Å². The van der Waals surface area contributed by atoms with Gasteiger partial charge in [0.2, 0.25) is 0 Å². The van der Waals surface area contributed by atoms with Crippen molar-refractivity contribution < 1.29 is 19.8 Å². The predicted octanol–water partition coefficient (Wildman–Crippen LogP) is 4.07. The number of rotatable bonds is 3. The summed E-state index contributed by atoms with van der Waals surface area (Å²) in [6.07, 6.45) is 3.03. The lowest BCUT2D eigenvalue weighted by atomic mass is 9.95. The van der Waals surface area contributed by atoms with Crippen LogP contribution in [0.5, 0.6) is 5.75 Å². The van der Waals surface area contributed by atoms with Crippen molar-refractivity contribution in [3.8, 4) is 5.75 Å². The lowest BCUT2D eigenvalue weighted by Crippen LogP contribution is -2.29. The number of benzene rings is 2. The lowest BCUT2D eigenvalue weighted by Gasteiger charge is -2.25. The SMILES string of the molecule is O=C1C(=O)N(c2cccnc2)C(c2ccc(O)cc2)/C1=C(\O)c1ccc(Cl)cc1. The molecule has 1 amide bonds. The minimum Gasteiger partial charge on any atom is -0.508 e. The Morgan fingerprint density at radius 1 is 1.00 bits per heavy atom. The average molecular weight is 407 g/mol. The molecule has 2 N–H and O–H groups in total. The van der Waals surface area contributed by atoms with E-state index in [1.54, 1.807) is 54.7 Å². The number of phenols is 1. The molecule has 0 aliphatic carbocycles. The van der Waals surface area contributed by atoms with Crippen molar-refractivity contribution in [3.63, 3.8) is 0 Å². The van der Waals surface area contributed by atoms with Crippen molar-refractivity contribution in [1.29, 1.82) is 0 Å². The van der Waals surface area contributed by atoms with Crippen molar-refractivity contribution in [3.05, 3.63) is 94.8 Å². The van der Waals surface area contributed by atoms with Gasteiger partial charge < -0.3 is 10.2 Å². The second kappa shape index (κ2) is 7.41. The predicted molar refractivity (Wildman–Crippen MR) is 109 cm³/mol. The number of hydrogen-bond acceptors (Lipinski definition) is 5. The summed E-state index contributed by atoms with van der Waals surface area (Å²) in [6, 6.07) is 14.9. The highest BCUT2D eigenvalue weighted by Gasteiger charge is 2.47. The van der Waals surface area contributed by atoms with Gasteiger partial charge in [-0.25, -0.2) is 0 Å². The molecular formula is C22H15ClN2O4. The monoisotopic (exact) mass is 406 g/mol. The minimum atomic E-state index is -0.879. The van der Waals surface area contributed by atoms with Crippen molar-refractivity contribution in [1.82, 2.24) is 4.98 Å². The van der Waals surface area contributed by atoms with Gasteiger partial charge in [0.25, 0.3) is 11.7 Å². The fraction of sp³-hybridized carbons (Fsp3) is 0.0455. The summed E-state index contributed by atoms with van der Waals surface area (Å²) in [6.45, 7) is 0. The molecule has 3 aromatic rings. The number of Topliss-reactive ketones (excluding diaryl/α,β-unsaturated/α-hetero) is 1. The standard InChI is InChI=1S/C22H15ClN2O4/c23-15-7-3-14(4-8-15)20(27)18-19(13-5-9-17(26)10-6-13)25(22(29)21(18)28)16-2-1-11-24-12-16/h1-12,19,26-27H/b20-18+. The number of hydrogen-bond donors (Lipinski definition) is 2. The number of phenolic OH excluding ortho intramolecular Hbond substituents is 1. The Bertz CT molecular complexity index is 1110. The number of nitrogens with zero attached hydrogens (tertiary/aromatic N) is 2. The van der Waals surface area contributed by atoms with E-state index in [0.717, 1.165) is 0 Å². The van der Waals surface area contributed by atoms with E-state index in [0.29, 0.717) is 21.8 Å². The van der Waals surface area contributed by atoms with E-state index in [-0.39, 0.29) is 17.1 Å². The molecule has 2 aromatic carbocycles. The number of ketones is 1. The van der Waals surface area contributed by atoms with E-state index >= 15 is 0 Å². The Balaban J connectivity index is 1.94. The number of aliphatic hydroxyl groups excluding tert-OH is 1. The van der Waals surface area contributed by atoms with E-state index in [9.17, 15) is 19.8 Å². The number of carbonyl (C=O) groups excluding carboxylic acids is 2. The third-order valence-electron chi connectivity index (χ3n) is 4.70. The molecule has 1 aliphatic heterocycles. The number of carbonyl (C=O) groups is 2. The highest BCUT2D eigenvalue weighted by molar-refractivity contribution is 6.51. The molecule has 0 spiro atoms. The van der Waals surface area contributed by atoms with Gasteiger partial charge in [-0.2, -0.15) is 0 Å². The fourth-order valence-electron chi connectivity index (χ4n) is 3.33. The number of aromatic hydroxyl groups is 1. The zero-order valence-electron chi connectivity index (χ0n) is 15.0. The number of aliphatic hydroxyl groups is 1. The number of amides is 1. The van der Waals surface area contributed by atoms with Gasteiger partial charge in [-0.1, -0.05) is 23.7 Å². The molecule has 0 saturated carbocycles. The molecule has 4 rings (SSSR count). The van der Waals surface area contributed by atoms with Crippen molar-refractivity contribution >= 4 is 34.7 Å². The highest BCUT2D eigenvalue weighted by atomic mass is 35.5. The lowest BCUT2D eigenvalue weighted by molar-refractivity contribution is -0.132. The third-order valence-corrected chi connectivity index (χ3v) is 4.95. The molecule has 1 atom stereocenters. The van der Waals surface area contributed by atoms with Crippen LogP contribution in [-0.2, 0) is 9.59 Å². The number of halogens is 1. The Morgan fingerprint density at radius 2 is 1.69 bits per heavy atom. The Kier molecular flexibility index (Phi) is 4.78. The maximum absolute atomic E-state index is 12.9. The zero-order chi connectivity index (χ0) is 20.5. The second-order valence-corrected chi connectivity index (χ2v) is 6.92. The molecule has 6 nitrogen and oxygen atoms in total. The first kappa shape index (κ1) is 18.7. The van der Waals surface area contributed by atoms with Crippen LogP contribution in [0, 0.1) is 0 Å². The van der Waals surface area contributed by atoms with Gasteiger partial charge in [-0.15, -0.1) is 0 Å². The molecule has 1 aliphatic rings. The number of anilines is 1. The summed E-state index contributed by atoms with van der Waals surface area (Å²) < 4.78 is 0. The van der Waals surface area contributed by atoms with Crippen LogP contribution in [0.15, 0.2) is 78.6 Å². The summed E-state index contributed by atoms with van der Waals surface area (Å²) >= 11 is 5.91. The van der Waals surface area contributed by atoms with Crippen LogP contribution >= 0.6 is 11.6 Å². The van der Waals surface area contributed by atoms with Crippen molar-refractivity contribution in [2.75, 3.05) is 4.90 Å². The molecule has 1 saturated heterocycles. The highest BCUT2D eigenvalue weighted by Crippen LogP contribution is 2.42. The summed E-state index contributed by atoms with van der Waals surface area (Å²) in [5.41, 5.74) is 1.29. The van der Waals surface area contributed by atoms with Crippen LogP contribution < -0.4 is 4.90 Å². The molecule has 1 unspecified atom stereocenters. The summed E-state index contributed by atoms with van der Waals surface area (Å²) in [5.74, 6) is -1.83. The third kappa shape index (κ3) is 3.34. The molecular weight excluding hydrogens is 392 g/mol. The van der Waals surface area contributed by atoms with E-state index in [4.69, 9.17) is 11.6 Å².